The summed E-state index contributed by atoms with van der Waals surface area (Å²) in [5, 5.41) is 12.3. The van der Waals surface area contributed by atoms with Gasteiger partial charge in [-0.25, -0.2) is 0 Å². The Bertz CT molecular complexity index is 810. The quantitative estimate of drug-likeness (QED) is 0.544. The third kappa shape index (κ3) is 3.26. The van der Waals surface area contributed by atoms with E-state index < -0.39 is 5.41 Å². The third-order valence-corrected chi connectivity index (χ3v) is 4.53. The number of nitro groups is 1. The summed E-state index contributed by atoms with van der Waals surface area (Å²) >= 11 is 0. The van der Waals surface area contributed by atoms with Gasteiger partial charge in [-0.1, -0.05) is 48.5 Å². The molecule has 4 nitrogen and oxygen atoms in total. The molecule has 118 valence electrons. The maximum absolute atomic E-state index is 11.3. The van der Waals surface area contributed by atoms with Gasteiger partial charge >= 0.3 is 0 Å². The highest BCUT2D eigenvalue weighted by Gasteiger charge is 2.34. The molecule has 3 aromatic rings. The number of aryl methyl sites for hydroxylation is 1. The zero-order chi connectivity index (χ0) is 16.3. The average Bonchev–Trinajstić information content (AvgIpc) is 2.98. The predicted molar refractivity (Wildman–Crippen MR) is 92.3 cm³/mol. The minimum absolute atomic E-state index is 0.0678. The highest BCUT2D eigenvalue weighted by molar-refractivity contribution is 5.84. The Kier molecular flexibility index (Phi) is 4.15. The molecule has 0 saturated carbocycles. The molecule has 1 aromatic heterocycles. The highest BCUT2D eigenvalue weighted by Crippen LogP contribution is 2.34. The largest absolute Gasteiger partial charge is 0.361 e. The molecule has 23 heavy (non-hydrogen) atoms. The Labute approximate surface area is 135 Å². The Balaban J connectivity index is 1.94. The Hall–Kier alpha value is -2.62. The van der Waals surface area contributed by atoms with E-state index in [2.05, 4.69) is 17.1 Å². The van der Waals surface area contributed by atoms with Crippen LogP contribution in [-0.4, -0.2) is 16.5 Å². The number of hydrogen-bond acceptors (Lipinski definition) is 2. The second kappa shape index (κ2) is 6.24. The second-order valence-electron chi connectivity index (χ2n) is 6.29. The van der Waals surface area contributed by atoms with Crippen molar-refractivity contribution in [3.8, 4) is 0 Å². The summed E-state index contributed by atoms with van der Waals surface area (Å²) in [6, 6.07) is 18.1. The van der Waals surface area contributed by atoms with Gasteiger partial charge in [-0.05, 0) is 37.0 Å². The molecule has 0 bridgehead atoms. The molecule has 0 spiro atoms. The average molecular weight is 308 g/mol. The number of H-pyrrole nitrogens is 1. The van der Waals surface area contributed by atoms with E-state index in [0.29, 0.717) is 0 Å². The molecule has 1 N–H and O–H groups in total. The lowest BCUT2D eigenvalue weighted by Crippen LogP contribution is -2.31. The molecule has 3 rings (SSSR count). The van der Waals surface area contributed by atoms with Crippen molar-refractivity contribution >= 4 is 10.9 Å². The summed E-state index contributed by atoms with van der Waals surface area (Å²) in [5.41, 5.74) is 2.76. The first-order valence-corrected chi connectivity index (χ1v) is 7.81. The van der Waals surface area contributed by atoms with Crippen LogP contribution in [-0.2, 0) is 11.8 Å². The van der Waals surface area contributed by atoms with Crippen LogP contribution in [0.15, 0.2) is 60.8 Å². The number of fused-ring (bicyclic) bond motifs is 1. The summed E-state index contributed by atoms with van der Waals surface area (Å²) in [6.45, 7) is 1.93. The van der Waals surface area contributed by atoms with Gasteiger partial charge in [0.25, 0.3) is 0 Å². The van der Waals surface area contributed by atoms with Crippen LogP contribution in [0.1, 0.15) is 24.5 Å². The summed E-state index contributed by atoms with van der Waals surface area (Å²) in [7, 11) is 0. The second-order valence-corrected chi connectivity index (χ2v) is 6.29. The molecule has 2 aromatic carbocycles. The maximum atomic E-state index is 11.3. The first-order chi connectivity index (χ1) is 11.1. The summed E-state index contributed by atoms with van der Waals surface area (Å²) in [4.78, 5) is 14.3. The molecule has 0 saturated heterocycles. The zero-order valence-electron chi connectivity index (χ0n) is 13.2. The van der Waals surface area contributed by atoms with Gasteiger partial charge in [0.15, 0.2) is 0 Å². The van der Waals surface area contributed by atoms with Crippen LogP contribution >= 0.6 is 0 Å². The van der Waals surface area contributed by atoms with Crippen molar-refractivity contribution in [2.45, 2.75) is 25.2 Å². The monoisotopic (exact) mass is 308 g/mol. The topological polar surface area (TPSA) is 58.9 Å². The van der Waals surface area contributed by atoms with E-state index in [-0.39, 0.29) is 11.5 Å². The number of nitrogens with zero attached hydrogens (tertiary/aromatic N) is 1. The van der Waals surface area contributed by atoms with Gasteiger partial charge in [-0.2, -0.15) is 0 Å². The summed E-state index contributed by atoms with van der Waals surface area (Å²) < 4.78 is 0. The van der Waals surface area contributed by atoms with Crippen LogP contribution in [0, 0.1) is 10.1 Å². The van der Waals surface area contributed by atoms with Crippen molar-refractivity contribution in [3.05, 3.63) is 82.0 Å². The van der Waals surface area contributed by atoms with Crippen LogP contribution in [0.2, 0.25) is 0 Å². The van der Waals surface area contributed by atoms with Crippen LogP contribution in [0.5, 0.6) is 0 Å². The van der Waals surface area contributed by atoms with Gasteiger partial charge in [-0.3, -0.25) is 10.1 Å². The molecule has 0 aliphatic heterocycles. The summed E-state index contributed by atoms with van der Waals surface area (Å²) in [5.74, 6) is 0. The molecule has 0 fully saturated rings. The fourth-order valence-corrected chi connectivity index (χ4v) is 3.22. The van der Waals surface area contributed by atoms with Crippen LogP contribution in [0.4, 0.5) is 0 Å². The molecule has 1 heterocycles. The first kappa shape index (κ1) is 15.3. The van der Waals surface area contributed by atoms with Crippen LogP contribution in [0.3, 0.4) is 0 Å². The van der Waals surface area contributed by atoms with Crippen molar-refractivity contribution < 1.29 is 4.92 Å². The smallest absolute Gasteiger partial charge is 0.213 e. The molecule has 0 radical (unpaired) electrons. The number of rotatable bonds is 6. The number of para-hydroxylation sites is 1. The number of benzene rings is 2. The first-order valence-electron chi connectivity index (χ1n) is 7.81. The summed E-state index contributed by atoms with van der Waals surface area (Å²) in [6.07, 6.45) is 3.49. The Morgan fingerprint density at radius 3 is 2.52 bits per heavy atom. The number of hydrogen-bond donors (Lipinski definition) is 1. The lowest BCUT2D eigenvalue weighted by molar-refractivity contribution is -0.490. The Morgan fingerprint density at radius 1 is 1.09 bits per heavy atom. The molecule has 0 unspecified atom stereocenters. The standard InChI is InChI=1S/C19H20N2O2/c1-19(14-21(22)23,12-11-15-7-3-2-4-8-15)17-13-20-18-10-6-5-9-16(17)18/h2-10,13,20H,11-12,14H2,1H3/t19-/m1/s1. The number of aromatic nitrogens is 1. The number of aromatic amines is 1. The molecular formula is C19H20N2O2. The normalized spacial score (nSPS) is 13.8. The van der Waals surface area contributed by atoms with Gasteiger partial charge in [0.1, 0.15) is 0 Å². The van der Waals surface area contributed by atoms with E-state index in [1.54, 1.807) is 0 Å². The van der Waals surface area contributed by atoms with Crippen molar-refractivity contribution in [2.24, 2.45) is 0 Å². The van der Waals surface area contributed by atoms with Gasteiger partial charge in [0.2, 0.25) is 6.54 Å². The van der Waals surface area contributed by atoms with Gasteiger partial charge in [0.05, 0.1) is 5.41 Å². The van der Waals surface area contributed by atoms with Gasteiger partial charge in [-0.15, -0.1) is 0 Å². The van der Waals surface area contributed by atoms with Gasteiger partial charge in [0, 0.05) is 22.0 Å². The van der Waals surface area contributed by atoms with E-state index in [0.717, 1.165) is 29.3 Å². The van der Waals surface area contributed by atoms with Crippen molar-refractivity contribution in [3.63, 3.8) is 0 Å². The van der Waals surface area contributed by atoms with Crippen LogP contribution < -0.4 is 0 Å². The van der Waals surface area contributed by atoms with E-state index in [4.69, 9.17) is 0 Å². The molecular weight excluding hydrogens is 288 g/mol. The van der Waals surface area contributed by atoms with E-state index in [1.807, 2.05) is 55.6 Å². The maximum Gasteiger partial charge on any atom is 0.213 e. The molecule has 0 aliphatic rings. The van der Waals surface area contributed by atoms with E-state index in [9.17, 15) is 10.1 Å². The number of nitrogens with one attached hydrogen (secondary N) is 1. The predicted octanol–water partition coefficient (Wildman–Crippen LogP) is 4.34. The fraction of sp³-hybridized carbons (Fsp3) is 0.263. The van der Waals surface area contributed by atoms with Crippen LogP contribution in [0.25, 0.3) is 10.9 Å². The zero-order valence-corrected chi connectivity index (χ0v) is 13.2. The fourth-order valence-electron chi connectivity index (χ4n) is 3.22. The minimum atomic E-state index is -0.501. The van der Waals surface area contributed by atoms with E-state index >= 15 is 0 Å². The minimum Gasteiger partial charge on any atom is -0.361 e. The molecule has 0 amide bonds. The lowest BCUT2D eigenvalue weighted by Gasteiger charge is -2.25. The molecule has 4 heteroatoms. The van der Waals surface area contributed by atoms with Crippen molar-refractivity contribution in [1.82, 2.24) is 4.98 Å². The van der Waals surface area contributed by atoms with Crippen molar-refractivity contribution in [1.29, 1.82) is 0 Å². The van der Waals surface area contributed by atoms with Gasteiger partial charge < -0.3 is 4.98 Å². The molecule has 1 atom stereocenters. The van der Waals surface area contributed by atoms with Crippen molar-refractivity contribution in [2.75, 3.05) is 6.54 Å². The third-order valence-electron chi connectivity index (χ3n) is 4.53. The Morgan fingerprint density at radius 2 is 1.78 bits per heavy atom. The lowest BCUT2D eigenvalue weighted by atomic mass is 9.77. The van der Waals surface area contributed by atoms with E-state index in [1.165, 1.54) is 5.56 Å². The molecule has 0 aliphatic carbocycles. The SMILES string of the molecule is C[C@@](CCc1ccccc1)(C[N+](=O)[O-])c1c[nH]c2ccccc12. The highest BCUT2D eigenvalue weighted by atomic mass is 16.6.